The maximum Gasteiger partial charge on any atom is 0.271 e. The van der Waals surface area contributed by atoms with Crippen molar-refractivity contribution in [3.63, 3.8) is 0 Å². The van der Waals surface area contributed by atoms with Crippen LogP contribution in [0.5, 0.6) is 0 Å². The second-order valence-corrected chi connectivity index (χ2v) is 9.39. The second-order valence-electron chi connectivity index (χ2n) is 7.60. The normalized spacial score (nSPS) is 11.1. The number of nitrogens with one attached hydrogen (secondary N) is 1. The molecule has 0 saturated heterocycles. The molecule has 0 bridgehead atoms. The third-order valence-electron chi connectivity index (χ3n) is 5.27. The number of carbonyl (C=O) groups excluding carboxylic acids is 1. The van der Waals surface area contributed by atoms with Crippen LogP contribution >= 0.6 is 23.2 Å². The highest BCUT2D eigenvalue weighted by Crippen LogP contribution is 2.36. The van der Waals surface area contributed by atoms with Gasteiger partial charge < -0.3 is 10.4 Å². The van der Waals surface area contributed by atoms with Crippen molar-refractivity contribution in [1.82, 2.24) is 14.9 Å². The Morgan fingerprint density at radius 2 is 1.69 bits per heavy atom. The molecule has 0 aliphatic rings. The van der Waals surface area contributed by atoms with E-state index in [0.717, 1.165) is 11.1 Å². The lowest BCUT2D eigenvalue weighted by molar-refractivity contribution is 0.0940. The van der Waals surface area contributed by atoms with E-state index in [-0.39, 0.29) is 30.4 Å². The first-order valence-corrected chi connectivity index (χ1v) is 12.7. The van der Waals surface area contributed by atoms with Gasteiger partial charge in [0.25, 0.3) is 5.91 Å². The van der Waals surface area contributed by atoms with Crippen molar-refractivity contribution in [1.29, 1.82) is 0 Å². The number of hydrogen-bond acceptors (Lipinski definition) is 5. The van der Waals surface area contributed by atoms with Crippen LogP contribution in [0.1, 0.15) is 16.1 Å². The van der Waals surface area contributed by atoms with Gasteiger partial charge in [0.2, 0.25) is 0 Å². The first kappa shape index (κ1) is 24.9. The molecule has 0 aliphatic heterocycles. The monoisotopic (exact) mass is 529 g/mol. The molecule has 0 radical (unpaired) electrons. The number of imidazole rings is 1. The Labute approximate surface area is 213 Å². The fraction of sp³-hybridized carbons (Fsp3) is 0.120. The van der Waals surface area contributed by atoms with Gasteiger partial charge in [-0.15, -0.1) is 0 Å². The van der Waals surface area contributed by atoms with E-state index < -0.39 is 16.6 Å². The van der Waals surface area contributed by atoms with Gasteiger partial charge in [-0.2, -0.15) is 0 Å². The van der Waals surface area contributed by atoms with E-state index in [0.29, 0.717) is 26.9 Å². The van der Waals surface area contributed by atoms with Gasteiger partial charge in [0.15, 0.2) is 0 Å². The molecule has 0 spiro atoms. The summed E-state index contributed by atoms with van der Waals surface area (Å²) in [5.74, 6) is -0.435. The molecule has 0 saturated carbocycles. The maximum absolute atomic E-state index is 12.6. The van der Waals surface area contributed by atoms with E-state index >= 15 is 0 Å². The average molecular weight is 530 g/mol. The van der Waals surface area contributed by atoms with Crippen LogP contribution in [0.3, 0.4) is 0 Å². The molecule has 1 heterocycles. The van der Waals surface area contributed by atoms with E-state index in [4.69, 9.17) is 28.3 Å². The van der Waals surface area contributed by atoms with Crippen molar-refractivity contribution in [2.45, 2.75) is 5.75 Å². The van der Waals surface area contributed by atoms with Crippen LogP contribution in [0.2, 0.25) is 10.0 Å². The van der Waals surface area contributed by atoms with Crippen LogP contribution in [0, 0.1) is 0 Å². The van der Waals surface area contributed by atoms with Gasteiger partial charge in [0, 0.05) is 12.7 Å². The zero-order chi connectivity index (χ0) is 24.9. The Morgan fingerprint density at radius 1 is 0.971 bits per heavy atom. The van der Waals surface area contributed by atoms with Crippen LogP contribution in [0.15, 0.2) is 72.9 Å². The summed E-state index contributed by atoms with van der Waals surface area (Å²) in [5.41, 5.74) is 3.29. The predicted molar refractivity (Wildman–Crippen MR) is 138 cm³/mol. The summed E-state index contributed by atoms with van der Waals surface area (Å²) in [6.07, 6.45) is 1.50. The third kappa shape index (κ3) is 5.57. The SMILES string of the molecule is O=C(NCCO)c1cn(-c2ccc(-c3ccccc3)cc2C[SH](=O)=O)c(-c2c(Cl)cccc2Cl)n1. The number of halogens is 2. The lowest BCUT2D eigenvalue weighted by atomic mass is 10.0. The molecule has 10 heteroatoms. The number of aliphatic hydroxyl groups excluding tert-OH is 1. The summed E-state index contributed by atoms with van der Waals surface area (Å²) in [5, 5.41) is 12.3. The molecule has 35 heavy (non-hydrogen) atoms. The molecule has 1 aromatic heterocycles. The molecule has 7 nitrogen and oxygen atoms in total. The zero-order valence-corrected chi connectivity index (χ0v) is 20.7. The number of thiol groups is 1. The molecule has 0 aliphatic carbocycles. The molecule has 2 N–H and O–H groups in total. The Kier molecular flexibility index (Phi) is 7.87. The predicted octanol–water partition coefficient (Wildman–Crippen LogP) is 4.35. The molecule has 0 fully saturated rings. The number of hydrogen-bond donors (Lipinski definition) is 3. The maximum atomic E-state index is 12.6. The number of aliphatic hydroxyl groups is 1. The zero-order valence-electron chi connectivity index (χ0n) is 18.3. The molecule has 180 valence electrons. The van der Waals surface area contributed by atoms with Crippen molar-refractivity contribution in [3.8, 4) is 28.2 Å². The molecule has 4 rings (SSSR count). The van der Waals surface area contributed by atoms with Gasteiger partial charge >= 0.3 is 0 Å². The highest BCUT2D eigenvalue weighted by Gasteiger charge is 2.22. The van der Waals surface area contributed by atoms with Gasteiger partial charge in [-0.3, -0.25) is 9.36 Å². The Hall–Kier alpha value is -3.17. The first-order valence-electron chi connectivity index (χ1n) is 10.6. The third-order valence-corrected chi connectivity index (χ3v) is 6.50. The average Bonchev–Trinajstić information content (AvgIpc) is 3.27. The topological polar surface area (TPSA) is 101 Å². The minimum Gasteiger partial charge on any atom is -0.395 e. The van der Waals surface area contributed by atoms with Crippen molar-refractivity contribution in [3.05, 3.63) is 94.2 Å². The van der Waals surface area contributed by atoms with Crippen LogP contribution in [0.4, 0.5) is 0 Å². The molecule has 0 atom stereocenters. The minimum atomic E-state index is -2.75. The summed E-state index contributed by atoms with van der Waals surface area (Å²) in [4.78, 5) is 17.1. The number of benzene rings is 3. The smallest absolute Gasteiger partial charge is 0.271 e. The van der Waals surface area contributed by atoms with E-state index in [2.05, 4.69) is 10.3 Å². The van der Waals surface area contributed by atoms with E-state index in [1.807, 2.05) is 36.4 Å². The highest BCUT2D eigenvalue weighted by molar-refractivity contribution is 7.71. The van der Waals surface area contributed by atoms with Crippen LogP contribution in [-0.2, 0) is 16.5 Å². The Balaban J connectivity index is 1.94. The van der Waals surface area contributed by atoms with Crippen molar-refractivity contribution < 1.29 is 18.3 Å². The molecule has 4 aromatic rings. The number of rotatable bonds is 8. The summed E-state index contributed by atoms with van der Waals surface area (Å²) in [6, 6.07) is 20.0. The molecule has 3 aromatic carbocycles. The lowest BCUT2D eigenvalue weighted by Gasteiger charge is -2.15. The highest BCUT2D eigenvalue weighted by atomic mass is 35.5. The van der Waals surface area contributed by atoms with Gasteiger partial charge in [0.05, 0.1) is 33.7 Å². The van der Waals surface area contributed by atoms with E-state index in [1.165, 1.54) is 6.20 Å². The summed E-state index contributed by atoms with van der Waals surface area (Å²) >= 11 is 12.9. The van der Waals surface area contributed by atoms with Crippen LogP contribution < -0.4 is 5.32 Å². The van der Waals surface area contributed by atoms with Gasteiger partial charge in [0.1, 0.15) is 22.2 Å². The lowest BCUT2D eigenvalue weighted by Crippen LogP contribution is -2.26. The fourth-order valence-electron chi connectivity index (χ4n) is 3.72. The van der Waals surface area contributed by atoms with Crippen molar-refractivity contribution in [2.24, 2.45) is 0 Å². The van der Waals surface area contributed by atoms with Gasteiger partial charge in [-0.1, -0.05) is 65.7 Å². The fourth-order valence-corrected chi connectivity index (χ4v) is 4.82. The first-order chi connectivity index (χ1) is 16.9. The number of aromatic nitrogens is 2. The standard InChI is InChI=1S/C25H21Cl2N3O4S/c26-19-7-4-8-20(27)23(19)24-29-21(25(32)28-11-12-31)14-30(24)22-10-9-17(13-18(22)15-35(33)34)16-5-2-1-3-6-16/h1-10,13-14,31,35H,11-12,15H2,(H,28,32). The summed E-state index contributed by atoms with van der Waals surface area (Å²) in [7, 11) is -2.75. The summed E-state index contributed by atoms with van der Waals surface area (Å²) < 4.78 is 25.2. The Bertz CT molecular complexity index is 1420. The van der Waals surface area contributed by atoms with Crippen molar-refractivity contribution >= 4 is 39.8 Å². The van der Waals surface area contributed by atoms with E-state index in [1.54, 1.807) is 34.9 Å². The number of amides is 1. The van der Waals surface area contributed by atoms with Crippen LogP contribution in [0.25, 0.3) is 28.2 Å². The summed E-state index contributed by atoms with van der Waals surface area (Å²) in [6.45, 7) is -0.168. The molecule has 0 unspecified atom stereocenters. The van der Waals surface area contributed by atoms with Gasteiger partial charge in [-0.25, -0.2) is 13.4 Å². The number of nitrogens with zero attached hydrogens (tertiary/aromatic N) is 2. The van der Waals surface area contributed by atoms with E-state index in [9.17, 15) is 13.2 Å². The Morgan fingerprint density at radius 3 is 2.34 bits per heavy atom. The molecular weight excluding hydrogens is 509 g/mol. The van der Waals surface area contributed by atoms with Gasteiger partial charge in [-0.05, 0) is 41.0 Å². The molecule has 1 amide bonds. The largest absolute Gasteiger partial charge is 0.395 e. The molecular formula is C25H21Cl2N3O4S. The van der Waals surface area contributed by atoms with Crippen molar-refractivity contribution in [2.75, 3.05) is 13.2 Å². The minimum absolute atomic E-state index is 0.0571. The quantitative estimate of drug-likeness (QED) is 0.294. The van der Waals surface area contributed by atoms with Crippen LogP contribution in [-0.4, -0.2) is 42.1 Å². The second kappa shape index (κ2) is 11.0. The number of carbonyl (C=O) groups is 1.